The van der Waals surface area contributed by atoms with Crippen molar-refractivity contribution in [3.05, 3.63) is 24.3 Å². The van der Waals surface area contributed by atoms with Gasteiger partial charge in [0.2, 0.25) is 0 Å². The molecule has 14 heavy (non-hydrogen) atoms. The molecule has 1 aromatic heterocycles. The first kappa shape index (κ1) is 10.4. The van der Waals surface area contributed by atoms with Gasteiger partial charge in [-0.05, 0) is 19.9 Å². The molecule has 0 radical (unpaired) electrons. The molecule has 0 unspecified atom stereocenters. The molecule has 0 spiro atoms. The van der Waals surface area contributed by atoms with Crippen molar-refractivity contribution >= 4 is 6.09 Å². The lowest BCUT2D eigenvalue weighted by molar-refractivity contribution is 0.115. The van der Waals surface area contributed by atoms with Crippen molar-refractivity contribution in [1.82, 2.24) is 15.3 Å². The minimum atomic E-state index is -0.451. The summed E-state index contributed by atoms with van der Waals surface area (Å²) in [6.07, 6.45) is 2.68. The number of alkyl carbamates (subject to hydrolysis) is 1. The summed E-state index contributed by atoms with van der Waals surface area (Å²) in [5, 5.41) is 2.54. The van der Waals surface area contributed by atoms with Gasteiger partial charge in [0.25, 0.3) is 0 Å². The van der Waals surface area contributed by atoms with Crippen LogP contribution in [0.1, 0.15) is 19.7 Å². The monoisotopic (exact) mass is 195 g/mol. The molecule has 0 aliphatic heterocycles. The van der Waals surface area contributed by atoms with E-state index in [-0.39, 0.29) is 12.6 Å². The third kappa shape index (κ3) is 3.84. The summed E-state index contributed by atoms with van der Waals surface area (Å²) < 4.78 is 4.87. The van der Waals surface area contributed by atoms with Crippen LogP contribution in [-0.2, 0) is 11.3 Å². The van der Waals surface area contributed by atoms with Crippen molar-refractivity contribution in [3.8, 4) is 0 Å². The predicted octanol–water partition coefficient (Wildman–Crippen LogP) is 1.11. The molecule has 1 N–H and O–H groups in total. The zero-order valence-electron chi connectivity index (χ0n) is 8.23. The quantitative estimate of drug-likeness (QED) is 0.784. The number of nitrogens with zero attached hydrogens (tertiary/aromatic N) is 2. The average Bonchev–Trinajstić information content (AvgIpc) is 2.15. The normalized spacial score (nSPS) is 9.93. The molecule has 5 heteroatoms. The predicted molar refractivity (Wildman–Crippen MR) is 50.5 cm³/mol. The van der Waals surface area contributed by atoms with Gasteiger partial charge in [0.15, 0.2) is 0 Å². The molecule has 1 amide bonds. The van der Waals surface area contributed by atoms with Gasteiger partial charge < -0.3 is 10.1 Å². The van der Waals surface area contributed by atoms with E-state index in [1.165, 1.54) is 0 Å². The molecule has 0 aromatic carbocycles. The SMILES string of the molecule is CC(C)OC(=O)NCc1ncccn1. The molecule has 5 nitrogen and oxygen atoms in total. The molecule has 0 fully saturated rings. The summed E-state index contributed by atoms with van der Waals surface area (Å²) in [5.74, 6) is 0.563. The number of ether oxygens (including phenoxy) is 1. The first-order chi connectivity index (χ1) is 6.68. The Morgan fingerprint density at radius 1 is 1.50 bits per heavy atom. The van der Waals surface area contributed by atoms with Gasteiger partial charge >= 0.3 is 6.09 Å². The Morgan fingerprint density at radius 3 is 2.71 bits per heavy atom. The van der Waals surface area contributed by atoms with Gasteiger partial charge in [-0.3, -0.25) is 0 Å². The maximum atomic E-state index is 11.0. The van der Waals surface area contributed by atoms with E-state index in [9.17, 15) is 4.79 Å². The Hall–Kier alpha value is -1.65. The fraction of sp³-hybridized carbons (Fsp3) is 0.444. The lowest BCUT2D eigenvalue weighted by atomic mass is 10.5. The fourth-order valence-electron chi connectivity index (χ4n) is 0.828. The van der Waals surface area contributed by atoms with Crippen molar-refractivity contribution in [3.63, 3.8) is 0 Å². The van der Waals surface area contributed by atoms with Crippen LogP contribution in [0.2, 0.25) is 0 Å². The molecular formula is C9H13N3O2. The lowest BCUT2D eigenvalue weighted by Gasteiger charge is -2.08. The molecule has 1 aromatic rings. The molecule has 0 atom stereocenters. The number of amides is 1. The summed E-state index contributed by atoms with van der Waals surface area (Å²) in [6.45, 7) is 3.86. The second kappa shape index (κ2) is 5.16. The Balaban J connectivity index is 2.31. The highest BCUT2D eigenvalue weighted by atomic mass is 16.6. The number of rotatable bonds is 3. The maximum absolute atomic E-state index is 11.0. The number of nitrogens with one attached hydrogen (secondary N) is 1. The van der Waals surface area contributed by atoms with Crippen molar-refractivity contribution in [2.45, 2.75) is 26.5 Å². The van der Waals surface area contributed by atoms with Crippen molar-refractivity contribution in [2.75, 3.05) is 0 Å². The zero-order chi connectivity index (χ0) is 10.4. The topological polar surface area (TPSA) is 64.1 Å². The minimum absolute atomic E-state index is 0.119. The number of carbonyl (C=O) groups is 1. The van der Waals surface area contributed by atoms with Crippen LogP contribution >= 0.6 is 0 Å². The third-order valence-corrected chi connectivity index (χ3v) is 1.35. The molecule has 0 aliphatic carbocycles. The minimum Gasteiger partial charge on any atom is -0.447 e. The second-order valence-electron chi connectivity index (χ2n) is 2.97. The van der Waals surface area contributed by atoms with Gasteiger partial charge in [-0.1, -0.05) is 0 Å². The summed E-state index contributed by atoms with van der Waals surface area (Å²) in [5.41, 5.74) is 0. The maximum Gasteiger partial charge on any atom is 0.407 e. The highest BCUT2D eigenvalue weighted by Gasteiger charge is 2.04. The van der Waals surface area contributed by atoms with Gasteiger partial charge in [0.1, 0.15) is 5.82 Å². The Labute approximate surface area is 82.5 Å². The van der Waals surface area contributed by atoms with Gasteiger partial charge in [0.05, 0.1) is 12.6 Å². The molecule has 0 saturated heterocycles. The van der Waals surface area contributed by atoms with Crippen molar-refractivity contribution in [1.29, 1.82) is 0 Å². The summed E-state index contributed by atoms with van der Waals surface area (Å²) >= 11 is 0. The zero-order valence-corrected chi connectivity index (χ0v) is 8.23. The Kier molecular flexibility index (Phi) is 3.84. The van der Waals surface area contributed by atoms with Crippen molar-refractivity contribution in [2.24, 2.45) is 0 Å². The van der Waals surface area contributed by atoms with E-state index in [0.717, 1.165) is 0 Å². The van der Waals surface area contributed by atoms with E-state index >= 15 is 0 Å². The first-order valence-electron chi connectivity index (χ1n) is 4.39. The Morgan fingerprint density at radius 2 is 2.14 bits per heavy atom. The van der Waals surface area contributed by atoms with Crippen LogP contribution in [0.4, 0.5) is 4.79 Å². The van der Waals surface area contributed by atoms with Crippen LogP contribution in [-0.4, -0.2) is 22.2 Å². The molecular weight excluding hydrogens is 182 g/mol. The number of hydrogen-bond donors (Lipinski definition) is 1. The van der Waals surface area contributed by atoms with E-state index < -0.39 is 6.09 Å². The summed E-state index contributed by atoms with van der Waals surface area (Å²) in [4.78, 5) is 18.9. The smallest absolute Gasteiger partial charge is 0.407 e. The second-order valence-corrected chi connectivity index (χ2v) is 2.97. The highest BCUT2D eigenvalue weighted by Crippen LogP contribution is 1.90. The molecule has 0 aliphatic rings. The van der Waals surface area contributed by atoms with E-state index in [1.807, 2.05) is 0 Å². The standard InChI is InChI=1S/C9H13N3O2/c1-7(2)14-9(13)12-6-8-10-4-3-5-11-8/h3-5,7H,6H2,1-2H3,(H,12,13). The van der Waals surface area contributed by atoms with Crippen LogP contribution in [0.25, 0.3) is 0 Å². The molecule has 0 bridgehead atoms. The van der Waals surface area contributed by atoms with E-state index in [2.05, 4.69) is 15.3 Å². The highest BCUT2D eigenvalue weighted by molar-refractivity contribution is 5.67. The van der Waals surface area contributed by atoms with Gasteiger partial charge in [-0.2, -0.15) is 0 Å². The number of hydrogen-bond acceptors (Lipinski definition) is 4. The number of carbonyl (C=O) groups excluding carboxylic acids is 1. The van der Waals surface area contributed by atoms with Gasteiger partial charge in [0, 0.05) is 12.4 Å². The molecule has 1 rings (SSSR count). The van der Waals surface area contributed by atoms with Crippen molar-refractivity contribution < 1.29 is 9.53 Å². The van der Waals surface area contributed by atoms with Crippen LogP contribution in [0.3, 0.4) is 0 Å². The molecule has 0 saturated carbocycles. The number of aromatic nitrogens is 2. The van der Waals surface area contributed by atoms with Gasteiger partial charge in [-0.25, -0.2) is 14.8 Å². The van der Waals surface area contributed by atoms with E-state index in [1.54, 1.807) is 32.3 Å². The largest absolute Gasteiger partial charge is 0.447 e. The third-order valence-electron chi connectivity index (χ3n) is 1.35. The Bertz CT molecular complexity index is 287. The van der Waals surface area contributed by atoms with E-state index in [0.29, 0.717) is 5.82 Å². The molecule has 76 valence electrons. The summed E-state index contributed by atoms with van der Waals surface area (Å²) in [6, 6.07) is 1.72. The first-order valence-corrected chi connectivity index (χ1v) is 4.39. The summed E-state index contributed by atoms with van der Waals surface area (Å²) in [7, 11) is 0. The van der Waals surface area contributed by atoms with E-state index in [4.69, 9.17) is 4.74 Å². The fourth-order valence-corrected chi connectivity index (χ4v) is 0.828. The average molecular weight is 195 g/mol. The van der Waals surface area contributed by atoms with Gasteiger partial charge in [-0.15, -0.1) is 0 Å². The lowest BCUT2D eigenvalue weighted by Crippen LogP contribution is -2.27. The van der Waals surface area contributed by atoms with Crippen LogP contribution in [0, 0.1) is 0 Å². The van der Waals surface area contributed by atoms with Crippen LogP contribution < -0.4 is 5.32 Å². The molecule has 1 heterocycles. The van der Waals surface area contributed by atoms with Crippen LogP contribution in [0.5, 0.6) is 0 Å². The van der Waals surface area contributed by atoms with Crippen LogP contribution in [0.15, 0.2) is 18.5 Å².